The van der Waals surface area contributed by atoms with Crippen LogP contribution in [0, 0.1) is 0 Å². The van der Waals surface area contributed by atoms with Crippen LogP contribution in [0.3, 0.4) is 0 Å². The van der Waals surface area contributed by atoms with Gasteiger partial charge in [0.25, 0.3) is 5.91 Å². The van der Waals surface area contributed by atoms with Gasteiger partial charge in [-0.1, -0.05) is 6.42 Å². The van der Waals surface area contributed by atoms with Crippen molar-refractivity contribution in [3.63, 3.8) is 0 Å². The first kappa shape index (κ1) is 18.3. The van der Waals surface area contributed by atoms with Gasteiger partial charge in [-0.25, -0.2) is 10.3 Å². The molecule has 25 heavy (non-hydrogen) atoms. The lowest BCUT2D eigenvalue weighted by atomic mass is 10.0. The van der Waals surface area contributed by atoms with Crippen LogP contribution in [0.25, 0.3) is 0 Å². The monoisotopic (exact) mass is 378 g/mol. The number of hydrogen-bond donors (Lipinski definition) is 3. The zero-order chi connectivity index (χ0) is 18.0. The highest BCUT2D eigenvalue weighted by Crippen LogP contribution is 2.30. The summed E-state index contributed by atoms with van der Waals surface area (Å²) in [6, 6.07) is -1.87. The molecule has 3 heterocycles. The van der Waals surface area contributed by atoms with Crippen LogP contribution in [0.2, 0.25) is 0 Å². The normalized spacial score (nSPS) is 29.8. The molecule has 3 saturated heterocycles. The van der Waals surface area contributed by atoms with E-state index in [9.17, 15) is 18.0 Å². The summed E-state index contributed by atoms with van der Waals surface area (Å²) in [7, 11) is -4.80. The number of fused-ring (bicyclic) bond motifs is 2. The van der Waals surface area contributed by atoms with E-state index < -0.39 is 34.4 Å². The zero-order valence-electron chi connectivity index (χ0n) is 13.6. The highest BCUT2D eigenvalue weighted by atomic mass is 32.3. The van der Waals surface area contributed by atoms with Crippen molar-refractivity contribution in [3.05, 3.63) is 0 Å². The Bertz CT molecular complexity index is 622. The van der Waals surface area contributed by atoms with Crippen LogP contribution in [0.5, 0.6) is 0 Å². The van der Waals surface area contributed by atoms with Gasteiger partial charge in [-0.15, -0.1) is 4.28 Å². The number of carbonyl (C=O) groups excluding carboxylic acids is 2. The fourth-order valence-electron chi connectivity index (χ4n) is 3.45. The molecule has 3 aliphatic heterocycles. The van der Waals surface area contributed by atoms with Crippen LogP contribution in [0.4, 0.5) is 4.79 Å². The second-order valence-electron chi connectivity index (χ2n) is 6.43. The van der Waals surface area contributed by atoms with E-state index in [2.05, 4.69) is 15.1 Å². The maximum atomic E-state index is 12.3. The number of urea groups is 1. The van der Waals surface area contributed by atoms with E-state index in [-0.39, 0.29) is 12.6 Å². The molecular weight excluding hydrogens is 356 g/mol. The van der Waals surface area contributed by atoms with Crippen LogP contribution in [0.1, 0.15) is 32.1 Å². The first-order valence-electron chi connectivity index (χ1n) is 8.27. The first-order valence-corrected chi connectivity index (χ1v) is 9.63. The third-order valence-electron chi connectivity index (χ3n) is 4.67. The molecule has 142 valence electrons. The lowest BCUT2D eigenvalue weighted by molar-refractivity contribution is -0.139. The molecule has 3 N–H and O–H groups in total. The average Bonchev–Trinajstić information content (AvgIpc) is 2.79. The summed E-state index contributed by atoms with van der Waals surface area (Å²) < 4.78 is 34.8. The molecule has 3 amide bonds. The molecule has 0 aromatic carbocycles. The number of rotatable bonds is 6. The maximum Gasteiger partial charge on any atom is 0.418 e. The van der Waals surface area contributed by atoms with Gasteiger partial charge in [0, 0.05) is 12.6 Å². The van der Waals surface area contributed by atoms with Gasteiger partial charge in [0.15, 0.2) is 0 Å². The number of hydrogen-bond acceptors (Lipinski definition) is 7. The Morgan fingerprint density at radius 2 is 2.12 bits per heavy atom. The lowest BCUT2D eigenvalue weighted by Gasteiger charge is -2.29. The molecule has 3 aliphatic rings. The van der Waals surface area contributed by atoms with Crippen molar-refractivity contribution in [2.45, 2.75) is 50.2 Å². The Kier molecular flexibility index (Phi) is 5.43. The van der Waals surface area contributed by atoms with E-state index in [1.807, 2.05) is 0 Å². The summed E-state index contributed by atoms with van der Waals surface area (Å²) in [5.41, 5.74) is 2.37. The minimum atomic E-state index is -4.80. The summed E-state index contributed by atoms with van der Waals surface area (Å²) in [5.74, 6) is -0.462. The molecule has 1 unspecified atom stereocenters. The molecule has 3 fully saturated rings. The Hall–Kier alpha value is -1.47. The molecule has 12 heteroatoms. The van der Waals surface area contributed by atoms with Crippen LogP contribution in [-0.2, 0) is 24.3 Å². The number of piperidine rings is 2. The molecule has 0 spiro atoms. The smallest absolute Gasteiger partial charge is 0.312 e. The van der Waals surface area contributed by atoms with Crippen molar-refractivity contribution in [2.24, 2.45) is 0 Å². The van der Waals surface area contributed by atoms with E-state index in [1.165, 1.54) is 4.90 Å². The summed E-state index contributed by atoms with van der Waals surface area (Å²) in [6.45, 7) is 1.42. The molecule has 0 aromatic heterocycles. The van der Waals surface area contributed by atoms with Crippen LogP contribution in [0.15, 0.2) is 0 Å². The predicted molar refractivity (Wildman–Crippen MR) is 83.1 cm³/mol. The van der Waals surface area contributed by atoms with Crippen molar-refractivity contribution in [2.75, 3.05) is 19.7 Å². The molecular formula is C13H22N4O7S. The summed E-state index contributed by atoms with van der Waals surface area (Å²) in [5, 5.41) is 3.90. The van der Waals surface area contributed by atoms with Crippen molar-refractivity contribution in [3.8, 4) is 0 Å². The molecule has 0 aliphatic carbocycles. The highest BCUT2D eigenvalue weighted by Gasteiger charge is 2.49. The van der Waals surface area contributed by atoms with Crippen molar-refractivity contribution in [1.82, 2.24) is 20.8 Å². The summed E-state index contributed by atoms with van der Waals surface area (Å²) in [6.07, 6.45) is 3.95. The van der Waals surface area contributed by atoms with Crippen molar-refractivity contribution < 1.29 is 31.7 Å². The maximum absolute atomic E-state index is 12.3. The van der Waals surface area contributed by atoms with Gasteiger partial charge < -0.3 is 10.2 Å². The fourth-order valence-corrected chi connectivity index (χ4v) is 3.84. The third-order valence-corrected chi connectivity index (χ3v) is 5.02. The Morgan fingerprint density at radius 3 is 2.80 bits per heavy atom. The lowest BCUT2D eigenvalue weighted by Crippen LogP contribution is -2.50. The number of nitrogens with zero attached hydrogens (tertiary/aromatic N) is 2. The quantitative estimate of drug-likeness (QED) is 0.403. The topological polar surface area (TPSA) is 138 Å². The predicted octanol–water partition coefficient (Wildman–Crippen LogP) is -0.821. The van der Waals surface area contributed by atoms with Gasteiger partial charge in [-0.05, 0) is 32.2 Å². The van der Waals surface area contributed by atoms with Gasteiger partial charge in [0.2, 0.25) is 0 Å². The van der Waals surface area contributed by atoms with Crippen LogP contribution >= 0.6 is 0 Å². The zero-order valence-corrected chi connectivity index (χ0v) is 14.4. The SMILES string of the molecule is O=C(NOCC1CCCCN1)[C@@H]1CC[C@@H]2CN1C(=O)N2OS(=O)(=O)O. The number of carbonyl (C=O) groups is 2. The van der Waals surface area contributed by atoms with Gasteiger partial charge in [-0.2, -0.15) is 13.5 Å². The third kappa shape index (κ3) is 4.39. The molecule has 11 nitrogen and oxygen atoms in total. The number of hydroxylamine groups is 3. The minimum Gasteiger partial charge on any atom is -0.312 e. The Morgan fingerprint density at radius 1 is 1.32 bits per heavy atom. The van der Waals surface area contributed by atoms with Gasteiger partial charge in [-0.3, -0.25) is 14.2 Å². The van der Waals surface area contributed by atoms with Gasteiger partial charge in [0.1, 0.15) is 6.04 Å². The fraction of sp³-hybridized carbons (Fsp3) is 0.846. The molecule has 0 radical (unpaired) electrons. The van der Waals surface area contributed by atoms with Crippen molar-refractivity contribution >= 4 is 22.3 Å². The number of nitrogens with one attached hydrogen (secondary N) is 2. The van der Waals surface area contributed by atoms with E-state index in [0.717, 1.165) is 25.8 Å². The first-order chi connectivity index (χ1) is 11.8. The molecule has 3 atom stereocenters. The number of amides is 3. The van der Waals surface area contributed by atoms with Crippen LogP contribution < -0.4 is 10.8 Å². The second-order valence-corrected chi connectivity index (χ2v) is 7.44. The van der Waals surface area contributed by atoms with E-state index in [0.29, 0.717) is 24.5 Å². The summed E-state index contributed by atoms with van der Waals surface area (Å²) in [4.78, 5) is 31.0. The summed E-state index contributed by atoms with van der Waals surface area (Å²) >= 11 is 0. The molecule has 3 rings (SSSR count). The van der Waals surface area contributed by atoms with Gasteiger partial charge in [0.05, 0.1) is 12.6 Å². The molecule has 2 bridgehead atoms. The highest BCUT2D eigenvalue weighted by molar-refractivity contribution is 7.80. The Balaban J connectivity index is 1.51. The Labute approximate surface area is 145 Å². The molecule has 0 aromatic rings. The van der Waals surface area contributed by atoms with Crippen molar-refractivity contribution in [1.29, 1.82) is 0 Å². The average molecular weight is 378 g/mol. The van der Waals surface area contributed by atoms with Crippen LogP contribution in [-0.4, -0.2) is 72.7 Å². The van der Waals surface area contributed by atoms with Gasteiger partial charge >= 0.3 is 16.4 Å². The van der Waals surface area contributed by atoms with E-state index in [4.69, 9.17) is 9.39 Å². The standard InChI is InChI=1S/C13H22N4O7S/c18-12(15-23-8-9-3-1-2-6-14-9)11-5-4-10-7-16(11)13(19)17(10)24-25(20,21)22/h9-11,14H,1-8H2,(H,15,18)(H,20,21,22)/t9?,10-,11+/m1/s1. The van der Waals surface area contributed by atoms with E-state index >= 15 is 0 Å². The van der Waals surface area contributed by atoms with E-state index in [1.54, 1.807) is 0 Å². The minimum absolute atomic E-state index is 0.149. The largest absolute Gasteiger partial charge is 0.418 e. The molecule has 0 saturated carbocycles. The second kappa shape index (κ2) is 7.41.